The molecule has 0 aliphatic rings. The van der Waals surface area contributed by atoms with Gasteiger partial charge in [0, 0.05) is 29.3 Å². The second-order valence-corrected chi connectivity index (χ2v) is 5.51. The Labute approximate surface area is 117 Å². The highest BCUT2D eigenvalue weighted by Gasteiger charge is 2.19. The van der Waals surface area contributed by atoms with E-state index < -0.39 is 0 Å². The Kier molecular flexibility index (Phi) is 6.49. The zero-order chi connectivity index (χ0) is 12.8. The first kappa shape index (κ1) is 15.0. The van der Waals surface area contributed by atoms with E-state index in [4.69, 9.17) is 16.3 Å². The van der Waals surface area contributed by atoms with Crippen LogP contribution in [0, 0.1) is 5.92 Å². The van der Waals surface area contributed by atoms with Crippen LogP contribution in [0.4, 0.5) is 0 Å². The number of halogens is 2. The van der Waals surface area contributed by atoms with Crippen LogP contribution in [-0.4, -0.2) is 20.8 Å². The van der Waals surface area contributed by atoms with E-state index in [1.807, 2.05) is 19.2 Å². The molecular formula is C13H19BrClNO. The van der Waals surface area contributed by atoms with Crippen molar-refractivity contribution in [2.45, 2.75) is 19.4 Å². The summed E-state index contributed by atoms with van der Waals surface area (Å²) >= 11 is 9.74. The van der Waals surface area contributed by atoms with Crippen LogP contribution in [0.25, 0.3) is 0 Å². The van der Waals surface area contributed by atoms with Crippen molar-refractivity contribution < 1.29 is 4.74 Å². The van der Waals surface area contributed by atoms with Crippen molar-refractivity contribution >= 4 is 27.5 Å². The number of nitrogens with one attached hydrogen (secondary N) is 1. The average molecular weight is 321 g/mol. The molecular weight excluding hydrogens is 302 g/mol. The van der Waals surface area contributed by atoms with Gasteiger partial charge in [0.15, 0.2) is 0 Å². The van der Waals surface area contributed by atoms with Gasteiger partial charge in [-0.2, -0.15) is 0 Å². The van der Waals surface area contributed by atoms with Crippen LogP contribution in [0.1, 0.15) is 24.9 Å². The predicted octanol–water partition coefficient (Wildman–Crippen LogP) is 4.04. The monoisotopic (exact) mass is 319 g/mol. The first-order valence-corrected chi connectivity index (χ1v) is 6.88. The summed E-state index contributed by atoms with van der Waals surface area (Å²) in [7, 11) is 3.69. The number of methoxy groups -OCH3 is 1. The van der Waals surface area contributed by atoms with Gasteiger partial charge in [-0.15, -0.1) is 0 Å². The number of benzene rings is 1. The van der Waals surface area contributed by atoms with Gasteiger partial charge < -0.3 is 10.1 Å². The maximum absolute atomic E-state index is 6.26. The van der Waals surface area contributed by atoms with E-state index in [0.29, 0.717) is 5.92 Å². The molecule has 4 heteroatoms. The SMILES string of the molecule is CNC(c1cc(Br)ccc1Cl)C(C)CCOC. The topological polar surface area (TPSA) is 21.3 Å². The molecule has 0 saturated carbocycles. The zero-order valence-electron chi connectivity index (χ0n) is 10.5. The molecule has 1 aromatic carbocycles. The Morgan fingerprint density at radius 3 is 2.76 bits per heavy atom. The van der Waals surface area contributed by atoms with Gasteiger partial charge in [0.1, 0.15) is 0 Å². The van der Waals surface area contributed by atoms with Gasteiger partial charge in [-0.25, -0.2) is 0 Å². The van der Waals surface area contributed by atoms with Gasteiger partial charge in [0.05, 0.1) is 0 Å². The maximum atomic E-state index is 6.26. The normalized spacial score (nSPS) is 14.6. The molecule has 1 N–H and O–H groups in total. The van der Waals surface area contributed by atoms with Gasteiger partial charge in [-0.05, 0) is 43.1 Å². The summed E-state index contributed by atoms with van der Waals surface area (Å²) in [6.07, 6.45) is 1.00. The average Bonchev–Trinajstić information content (AvgIpc) is 2.32. The molecule has 0 aromatic heterocycles. The third-order valence-corrected chi connectivity index (χ3v) is 3.79. The summed E-state index contributed by atoms with van der Waals surface area (Å²) in [6, 6.07) is 6.20. The van der Waals surface area contributed by atoms with Crippen LogP contribution in [0.5, 0.6) is 0 Å². The lowest BCUT2D eigenvalue weighted by molar-refractivity contribution is 0.171. The van der Waals surface area contributed by atoms with Crippen molar-refractivity contribution in [1.29, 1.82) is 0 Å². The molecule has 1 aromatic rings. The van der Waals surface area contributed by atoms with Gasteiger partial charge in [-0.3, -0.25) is 0 Å². The molecule has 1 rings (SSSR count). The zero-order valence-corrected chi connectivity index (χ0v) is 12.8. The number of ether oxygens (including phenoxy) is 1. The molecule has 0 fully saturated rings. The summed E-state index contributed by atoms with van der Waals surface area (Å²) in [4.78, 5) is 0. The van der Waals surface area contributed by atoms with Crippen LogP contribution >= 0.6 is 27.5 Å². The second kappa shape index (κ2) is 7.37. The first-order valence-electron chi connectivity index (χ1n) is 5.71. The molecule has 0 saturated heterocycles. The number of hydrogen-bond donors (Lipinski definition) is 1. The van der Waals surface area contributed by atoms with Crippen molar-refractivity contribution in [2.75, 3.05) is 20.8 Å². The van der Waals surface area contributed by atoms with E-state index in [9.17, 15) is 0 Å². The fraction of sp³-hybridized carbons (Fsp3) is 0.538. The Morgan fingerprint density at radius 2 is 2.18 bits per heavy atom. The Morgan fingerprint density at radius 1 is 1.47 bits per heavy atom. The molecule has 0 aliphatic heterocycles. The third kappa shape index (κ3) is 4.25. The minimum atomic E-state index is 0.246. The highest BCUT2D eigenvalue weighted by atomic mass is 79.9. The lowest BCUT2D eigenvalue weighted by Gasteiger charge is -2.25. The Hall–Kier alpha value is -0.0900. The van der Waals surface area contributed by atoms with Crippen LogP contribution in [0.2, 0.25) is 5.02 Å². The quantitative estimate of drug-likeness (QED) is 0.854. The maximum Gasteiger partial charge on any atom is 0.0465 e. The number of hydrogen-bond acceptors (Lipinski definition) is 2. The molecule has 2 atom stereocenters. The molecule has 0 bridgehead atoms. The Bertz CT molecular complexity index is 359. The molecule has 0 amide bonds. The molecule has 0 aliphatic carbocycles. The molecule has 0 spiro atoms. The summed E-state index contributed by atoms with van der Waals surface area (Å²) < 4.78 is 6.18. The standard InChI is InChI=1S/C13H19BrClNO/c1-9(6-7-17-3)13(16-2)11-8-10(14)4-5-12(11)15/h4-5,8-9,13,16H,6-7H2,1-3H3. The van der Waals surface area contributed by atoms with Crippen molar-refractivity contribution in [3.05, 3.63) is 33.3 Å². The van der Waals surface area contributed by atoms with E-state index in [2.05, 4.69) is 34.2 Å². The molecule has 0 heterocycles. The predicted molar refractivity (Wildman–Crippen MR) is 76.6 cm³/mol. The highest BCUT2D eigenvalue weighted by molar-refractivity contribution is 9.10. The summed E-state index contributed by atoms with van der Waals surface area (Å²) in [5, 5.41) is 4.14. The van der Waals surface area contributed by atoms with Crippen LogP contribution in [0.15, 0.2) is 22.7 Å². The minimum absolute atomic E-state index is 0.246. The smallest absolute Gasteiger partial charge is 0.0465 e. The fourth-order valence-corrected chi connectivity index (χ4v) is 2.58. The fourth-order valence-electron chi connectivity index (χ4n) is 1.97. The van der Waals surface area contributed by atoms with Gasteiger partial charge in [-0.1, -0.05) is 34.5 Å². The van der Waals surface area contributed by atoms with Crippen molar-refractivity contribution in [2.24, 2.45) is 5.92 Å². The second-order valence-electron chi connectivity index (χ2n) is 4.19. The molecule has 0 radical (unpaired) electrons. The van der Waals surface area contributed by atoms with Crippen molar-refractivity contribution in [3.8, 4) is 0 Å². The summed E-state index contributed by atoms with van der Waals surface area (Å²) in [5.41, 5.74) is 1.13. The van der Waals surface area contributed by atoms with E-state index in [1.54, 1.807) is 7.11 Å². The number of rotatable bonds is 6. The van der Waals surface area contributed by atoms with Gasteiger partial charge in [0.2, 0.25) is 0 Å². The van der Waals surface area contributed by atoms with E-state index in [-0.39, 0.29) is 6.04 Å². The van der Waals surface area contributed by atoms with E-state index in [1.165, 1.54) is 0 Å². The summed E-state index contributed by atoms with van der Waals surface area (Å²) in [5.74, 6) is 0.465. The van der Waals surface area contributed by atoms with Crippen LogP contribution < -0.4 is 5.32 Å². The lowest BCUT2D eigenvalue weighted by atomic mass is 9.92. The molecule has 96 valence electrons. The van der Waals surface area contributed by atoms with E-state index >= 15 is 0 Å². The van der Waals surface area contributed by atoms with Crippen molar-refractivity contribution in [1.82, 2.24) is 5.32 Å². The van der Waals surface area contributed by atoms with E-state index in [0.717, 1.165) is 28.1 Å². The van der Waals surface area contributed by atoms with Crippen LogP contribution in [0.3, 0.4) is 0 Å². The summed E-state index contributed by atoms with van der Waals surface area (Å²) in [6.45, 7) is 2.97. The Balaban J connectivity index is 2.88. The third-order valence-electron chi connectivity index (χ3n) is 2.95. The largest absolute Gasteiger partial charge is 0.385 e. The minimum Gasteiger partial charge on any atom is -0.385 e. The van der Waals surface area contributed by atoms with Crippen molar-refractivity contribution in [3.63, 3.8) is 0 Å². The molecule has 2 nitrogen and oxygen atoms in total. The van der Waals surface area contributed by atoms with Gasteiger partial charge >= 0.3 is 0 Å². The first-order chi connectivity index (χ1) is 8.10. The van der Waals surface area contributed by atoms with Crippen LogP contribution in [-0.2, 0) is 4.74 Å². The molecule has 2 unspecified atom stereocenters. The highest BCUT2D eigenvalue weighted by Crippen LogP contribution is 2.31. The van der Waals surface area contributed by atoms with Gasteiger partial charge in [0.25, 0.3) is 0 Å². The molecule has 17 heavy (non-hydrogen) atoms. The lowest BCUT2D eigenvalue weighted by Crippen LogP contribution is -2.24.